The molecule has 0 saturated carbocycles. The lowest BCUT2D eigenvalue weighted by molar-refractivity contribution is -0.0637. The van der Waals surface area contributed by atoms with Crippen LogP contribution in [0.4, 0.5) is 0 Å². The molecule has 0 aliphatic carbocycles. The third-order valence-electron chi connectivity index (χ3n) is 5.31. The summed E-state index contributed by atoms with van der Waals surface area (Å²) in [5.74, 6) is 1.25. The number of rotatable bonds is 6. The quantitative estimate of drug-likeness (QED) is 0.744. The molecule has 5 heteroatoms. The van der Waals surface area contributed by atoms with Gasteiger partial charge in [-0.2, -0.15) is 0 Å². The zero-order chi connectivity index (χ0) is 18.6. The van der Waals surface area contributed by atoms with E-state index < -0.39 is 0 Å². The summed E-state index contributed by atoms with van der Waals surface area (Å²) in [7, 11) is 5.04. The van der Waals surface area contributed by atoms with Crippen LogP contribution in [0.15, 0.2) is 42.5 Å². The standard InChI is InChI=1S/C21H26ClNO3/c1-24-18-10-9-16(19(22)20(18)25-2)15-23-13-11-21(26-3,12-14-23)17-7-5-4-6-8-17/h4-10H,11-15H2,1-3H3. The van der Waals surface area contributed by atoms with Gasteiger partial charge in [0, 0.05) is 26.7 Å². The molecule has 0 atom stereocenters. The van der Waals surface area contributed by atoms with Gasteiger partial charge < -0.3 is 14.2 Å². The fourth-order valence-electron chi connectivity index (χ4n) is 3.72. The highest BCUT2D eigenvalue weighted by Gasteiger charge is 2.36. The molecule has 1 saturated heterocycles. The smallest absolute Gasteiger partial charge is 0.179 e. The summed E-state index contributed by atoms with van der Waals surface area (Å²) in [6, 6.07) is 14.4. The van der Waals surface area contributed by atoms with E-state index in [1.54, 1.807) is 14.2 Å². The van der Waals surface area contributed by atoms with Crippen LogP contribution in [0.25, 0.3) is 0 Å². The molecular formula is C21H26ClNO3. The molecule has 2 aromatic carbocycles. The van der Waals surface area contributed by atoms with Gasteiger partial charge in [0.1, 0.15) is 0 Å². The Morgan fingerprint density at radius 1 is 0.962 bits per heavy atom. The molecule has 2 aromatic rings. The van der Waals surface area contributed by atoms with E-state index in [0.717, 1.165) is 38.0 Å². The van der Waals surface area contributed by atoms with E-state index >= 15 is 0 Å². The van der Waals surface area contributed by atoms with Crippen molar-refractivity contribution in [1.82, 2.24) is 4.90 Å². The van der Waals surface area contributed by atoms with E-state index in [-0.39, 0.29) is 5.60 Å². The first-order valence-corrected chi connectivity index (χ1v) is 9.23. The molecule has 0 unspecified atom stereocenters. The summed E-state index contributed by atoms with van der Waals surface area (Å²) < 4.78 is 16.7. The maximum atomic E-state index is 6.53. The lowest BCUT2D eigenvalue weighted by atomic mass is 9.84. The molecule has 0 spiro atoms. The maximum Gasteiger partial charge on any atom is 0.179 e. The number of nitrogens with zero attached hydrogens (tertiary/aromatic N) is 1. The van der Waals surface area contributed by atoms with Crippen LogP contribution < -0.4 is 9.47 Å². The minimum Gasteiger partial charge on any atom is -0.493 e. The van der Waals surface area contributed by atoms with Gasteiger partial charge in [0.2, 0.25) is 0 Å². The van der Waals surface area contributed by atoms with Gasteiger partial charge in [0.25, 0.3) is 0 Å². The van der Waals surface area contributed by atoms with Crippen molar-refractivity contribution in [2.75, 3.05) is 34.4 Å². The Morgan fingerprint density at radius 2 is 1.65 bits per heavy atom. The Morgan fingerprint density at radius 3 is 2.23 bits per heavy atom. The van der Waals surface area contributed by atoms with Crippen molar-refractivity contribution in [2.24, 2.45) is 0 Å². The molecule has 140 valence electrons. The third kappa shape index (κ3) is 3.68. The fourth-order valence-corrected chi connectivity index (χ4v) is 4.01. The summed E-state index contributed by atoms with van der Waals surface area (Å²) >= 11 is 6.53. The number of methoxy groups -OCH3 is 3. The number of benzene rings is 2. The normalized spacial score (nSPS) is 17.1. The summed E-state index contributed by atoms with van der Waals surface area (Å²) in [6.07, 6.45) is 1.91. The van der Waals surface area contributed by atoms with Gasteiger partial charge in [-0.05, 0) is 30.0 Å². The van der Waals surface area contributed by atoms with E-state index in [2.05, 4.69) is 29.2 Å². The van der Waals surface area contributed by atoms with Crippen LogP contribution >= 0.6 is 11.6 Å². The first-order valence-electron chi connectivity index (χ1n) is 8.86. The average Bonchev–Trinajstić information content (AvgIpc) is 2.70. The van der Waals surface area contributed by atoms with E-state index in [1.165, 1.54) is 5.56 Å². The van der Waals surface area contributed by atoms with Crippen LogP contribution in [0.2, 0.25) is 5.02 Å². The summed E-state index contributed by atoms with van der Waals surface area (Å²) in [5.41, 5.74) is 2.11. The molecule has 0 aromatic heterocycles. The predicted octanol–water partition coefficient (Wildman–Crippen LogP) is 4.49. The molecule has 0 bridgehead atoms. The summed E-state index contributed by atoms with van der Waals surface area (Å²) in [5, 5.41) is 0.624. The second-order valence-electron chi connectivity index (χ2n) is 6.61. The summed E-state index contributed by atoms with van der Waals surface area (Å²) in [4.78, 5) is 2.41. The highest BCUT2D eigenvalue weighted by molar-refractivity contribution is 6.33. The minimum atomic E-state index is -0.195. The lowest BCUT2D eigenvalue weighted by Gasteiger charge is -2.41. The first-order chi connectivity index (χ1) is 12.6. The molecule has 3 rings (SSSR count). The van der Waals surface area contributed by atoms with Gasteiger partial charge in [-0.3, -0.25) is 4.90 Å². The molecule has 0 N–H and O–H groups in total. The van der Waals surface area contributed by atoms with Gasteiger partial charge in [-0.15, -0.1) is 0 Å². The highest BCUT2D eigenvalue weighted by atomic mass is 35.5. The Labute approximate surface area is 160 Å². The largest absolute Gasteiger partial charge is 0.493 e. The van der Waals surface area contributed by atoms with E-state index in [4.69, 9.17) is 25.8 Å². The minimum absolute atomic E-state index is 0.195. The number of hydrogen-bond donors (Lipinski definition) is 0. The van der Waals surface area contributed by atoms with E-state index in [1.807, 2.05) is 25.3 Å². The van der Waals surface area contributed by atoms with E-state index in [9.17, 15) is 0 Å². The Bertz CT molecular complexity index is 728. The fraction of sp³-hybridized carbons (Fsp3) is 0.429. The Balaban J connectivity index is 1.71. The van der Waals surface area contributed by atoms with Crippen LogP contribution in [-0.2, 0) is 16.9 Å². The zero-order valence-corrected chi connectivity index (χ0v) is 16.4. The SMILES string of the molecule is COc1ccc(CN2CCC(OC)(c3ccccc3)CC2)c(Cl)c1OC. The van der Waals surface area contributed by atoms with Crippen molar-refractivity contribution < 1.29 is 14.2 Å². The second-order valence-corrected chi connectivity index (χ2v) is 6.99. The topological polar surface area (TPSA) is 30.9 Å². The van der Waals surface area contributed by atoms with E-state index in [0.29, 0.717) is 16.5 Å². The van der Waals surface area contributed by atoms with Gasteiger partial charge in [-0.1, -0.05) is 48.0 Å². The third-order valence-corrected chi connectivity index (χ3v) is 5.73. The van der Waals surface area contributed by atoms with Crippen molar-refractivity contribution in [1.29, 1.82) is 0 Å². The predicted molar refractivity (Wildman–Crippen MR) is 104 cm³/mol. The number of piperidine rings is 1. The van der Waals surface area contributed by atoms with Crippen LogP contribution in [0.5, 0.6) is 11.5 Å². The van der Waals surface area contributed by atoms with Crippen molar-refractivity contribution in [2.45, 2.75) is 25.0 Å². The van der Waals surface area contributed by atoms with Crippen molar-refractivity contribution >= 4 is 11.6 Å². The van der Waals surface area contributed by atoms with Crippen LogP contribution in [0.1, 0.15) is 24.0 Å². The molecule has 1 aliphatic rings. The monoisotopic (exact) mass is 375 g/mol. The van der Waals surface area contributed by atoms with Crippen LogP contribution in [-0.4, -0.2) is 39.3 Å². The molecular weight excluding hydrogens is 350 g/mol. The molecule has 1 heterocycles. The summed E-state index contributed by atoms with van der Waals surface area (Å²) in [6.45, 7) is 2.69. The van der Waals surface area contributed by atoms with Gasteiger partial charge >= 0.3 is 0 Å². The van der Waals surface area contributed by atoms with Crippen molar-refractivity contribution in [3.63, 3.8) is 0 Å². The molecule has 4 nitrogen and oxygen atoms in total. The molecule has 26 heavy (non-hydrogen) atoms. The molecule has 0 amide bonds. The number of likely N-dealkylation sites (tertiary alicyclic amines) is 1. The molecule has 1 aliphatic heterocycles. The van der Waals surface area contributed by atoms with Crippen LogP contribution in [0.3, 0.4) is 0 Å². The van der Waals surface area contributed by atoms with Crippen LogP contribution in [0, 0.1) is 0 Å². The average molecular weight is 376 g/mol. The van der Waals surface area contributed by atoms with Crippen molar-refractivity contribution in [3.05, 3.63) is 58.6 Å². The lowest BCUT2D eigenvalue weighted by Crippen LogP contribution is -2.43. The molecule has 0 radical (unpaired) electrons. The van der Waals surface area contributed by atoms with Gasteiger partial charge in [0.15, 0.2) is 11.5 Å². The number of hydrogen-bond acceptors (Lipinski definition) is 4. The Kier molecular flexibility index (Phi) is 6.07. The number of ether oxygens (including phenoxy) is 3. The molecule has 1 fully saturated rings. The zero-order valence-electron chi connectivity index (χ0n) is 15.6. The highest BCUT2D eigenvalue weighted by Crippen LogP contribution is 2.40. The van der Waals surface area contributed by atoms with Crippen molar-refractivity contribution in [3.8, 4) is 11.5 Å². The second kappa shape index (κ2) is 8.30. The van der Waals surface area contributed by atoms with Gasteiger partial charge in [0.05, 0.1) is 24.8 Å². The first kappa shape index (κ1) is 19.0. The maximum absolute atomic E-state index is 6.53. The Hall–Kier alpha value is -1.75. The number of halogens is 1. The van der Waals surface area contributed by atoms with Gasteiger partial charge in [-0.25, -0.2) is 0 Å².